The van der Waals surface area contributed by atoms with Gasteiger partial charge in [-0.1, -0.05) is 0 Å². The van der Waals surface area contributed by atoms with Crippen molar-refractivity contribution in [3.63, 3.8) is 0 Å². The summed E-state index contributed by atoms with van der Waals surface area (Å²) in [5.41, 5.74) is 5.16. The maximum atomic E-state index is 2.60. The predicted molar refractivity (Wildman–Crippen MR) is 228 cm³/mol. The zero-order valence-corrected chi connectivity index (χ0v) is 40.5. The van der Waals surface area contributed by atoms with E-state index in [1.54, 1.807) is 32.3 Å². The van der Waals surface area contributed by atoms with Crippen LogP contribution in [0.15, 0.2) is 54.6 Å². The number of hydrogen-bond donors (Lipinski definition) is 0. The molecular weight excluding hydrogens is 689 g/mol. The summed E-state index contributed by atoms with van der Waals surface area (Å²) in [5.74, 6) is 0. The van der Waals surface area contributed by atoms with E-state index in [4.69, 9.17) is 0 Å². The molecule has 0 aliphatic carbocycles. The molecular formula is C39H69CrSi6. The standard InChI is InChI=1S/3C13H23Si2.Cr/c3*1-11-9-8-10-12(14(2,3)4)13(11)15(5,6)7;/h3*8-10H,1H2,2-7H3;. The van der Waals surface area contributed by atoms with Gasteiger partial charge in [0.1, 0.15) is 0 Å². The van der Waals surface area contributed by atoms with Gasteiger partial charge in [0.25, 0.3) is 0 Å². The molecule has 0 aliphatic rings. The van der Waals surface area contributed by atoms with Gasteiger partial charge in [0.15, 0.2) is 0 Å². The van der Waals surface area contributed by atoms with E-state index in [2.05, 4.69) is 172 Å². The Morgan fingerprint density at radius 2 is 0.543 bits per heavy atom. The molecule has 0 spiro atoms. The first-order chi connectivity index (χ1) is 20.6. The Kier molecular flexibility index (Phi) is 12.2. The van der Waals surface area contributed by atoms with Gasteiger partial charge in [-0.2, -0.15) is 0 Å². The molecule has 0 heterocycles. The van der Waals surface area contributed by atoms with Crippen LogP contribution in [0.3, 0.4) is 0 Å². The Hall–Kier alpha value is -0.506. The van der Waals surface area contributed by atoms with E-state index >= 15 is 0 Å². The normalized spacial score (nSPS) is 13.9. The summed E-state index contributed by atoms with van der Waals surface area (Å²) < 4.78 is 0. The van der Waals surface area contributed by atoms with Gasteiger partial charge in [0.2, 0.25) is 0 Å². The minimum absolute atomic E-state index is 1.13. The molecule has 0 aromatic heterocycles. The van der Waals surface area contributed by atoms with Gasteiger partial charge in [0, 0.05) is 0 Å². The van der Waals surface area contributed by atoms with Gasteiger partial charge in [-0.3, -0.25) is 0 Å². The van der Waals surface area contributed by atoms with Gasteiger partial charge < -0.3 is 0 Å². The first-order valence-electron chi connectivity index (χ1n) is 17.7. The zero-order valence-electron chi connectivity index (χ0n) is 33.2. The van der Waals surface area contributed by atoms with E-state index in [-0.39, 0.29) is 0 Å². The molecule has 0 atom stereocenters. The van der Waals surface area contributed by atoms with Gasteiger partial charge in [-0.05, 0) is 0 Å². The van der Waals surface area contributed by atoms with Crippen molar-refractivity contribution in [1.29, 1.82) is 0 Å². The molecule has 3 aromatic carbocycles. The number of rotatable bonds is 12. The van der Waals surface area contributed by atoms with Crippen LogP contribution in [0.25, 0.3) is 0 Å². The fourth-order valence-corrected chi connectivity index (χ4v) is 29.1. The van der Waals surface area contributed by atoms with Crippen LogP contribution in [0.2, 0.25) is 118 Å². The molecule has 3 aromatic rings. The molecule has 0 nitrogen and oxygen atoms in total. The summed E-state index contributed by atoms with van der Waals surface area (Å²) in [6, 6.07) is 22.5. The van der Waals surface area contributed by atoms with Crippen molar-refractivity contribution in [3.8, 4) is 0 Å². The van der Waals surface area contributed by atoms with Crippen LogP contribution in [0.1, 0.15) is 16.7 Å². The fraction of sp³-hybridized carbons (Fsp3) is 0.538. The molecule has 0 amide bonds. The summed E-state index contributed by atoms with van der Waals surface area (Å²) >= 11 is -1.13. The van der Waals surface area contributed by atoms with Crippen molar-refractivity contribution < 1.29 is 14.1 Å². The van der Waals surface area contributed by atoms with E-state index in [9.17, 15) is 0 Å². The quantitative estimate of drug-likeness (QED) is 0.163. The summed E-state index contributed by atoms with van der Waals surface area (Å²) in [5, 5.41) is 14.6. The van der Waals surface area contributed by atoms with Gasteiger partial charge >= 0.3 is 299 Å². The van der Waals surface area contributed by atoms with Crippen molar-refractivity contribution >= 4 is 79.6 Å². The Balaban J connectivity index is 2.34. The monoisotopic (exact) mass is 757 g/mol. The maximum absolute atomic E-state index is 2.60. The third kappa shape index (κ3) is 9.81. The van der Waals surface area contributed by atoms with Crippen LogP contribution in [0, 0.1) is 0 Å². The average molecular weight is 758 g/mol. The summed E-state index contributed by atoms with van der Waals surface area (Å²) in [6.45, 7) is 46.5. The van der Waals surface area contributed by atoms with Crippen LogP contribution < -0.4 is 31.1 Å². The van der Waals surface area contributed by atoms with Crippen LogP contribution in [0.5, 0.6) is 0 Å². The fourth-order valence-electron chi connectivity index (χ4n) is 7.51. The molecule has 0 fully saturated rings. The number of hydrogen-bond acceptors (Lipinski definition) is 0. The van der Waals surface area contributed by atoms with Crippen molar-refractivity contribution in [2.75, 3.05) is 0 Å². The first kappa shape index (κ1) is 39.9. The summed E-state index contributed by atoms with van der Waals surface area (Å²) in [4.78, 5) is 0. The third-order valence-corrected chi connectivity index (χ3v) is 25.7. The molecule has 0 saturated carbocycles. The van der Waals surface area contributed by atoms with Crippen molar-refractivity contribution in [1.82, 2.24) is 0 Å². The van der Waals surface area contributed by atoms with Crippen LogP contribution in [-0.2, 0) is 30.0 Å². The number of benzene rings is 3. The second-order valence-electron chi connectivity index (χ2n) is 20.1. The van der Waals surface area contributed by atoms with Gasteiger partial charge in [-0.25, -0.2) is 0 Å². The minimum atomic E-state index is -1.55. The molecule has 0 saturated heterocycles. The van der Waals surface area contributed by atoms with E-state index in [0.29, 0.717) is 0 Å². The Bertz CT molecular complexity index is 1330. The average Bonchev–Trinajstić information content (AvgIpc) is 2.84. The molecule has 0 N–H and O–H groups in total. The molecule has 255 valence electrons. The molecule has 7 heteroatoms. The van der Waals surface area contributed by atoms with E-state index in [1.165, 1.54) is 15.8 Å². The van der Waals surface area contributed by atoms with Crippen molar-refractivity contribution in [2.24, 2.45) is 0 Å². The SMILES string of the molecule is C[Si](C)(C)c1cccc([CH2][Cr]([CH2]c2cccc([Si](C)(C)C)c2[Si](C)(C)C)[CH2]c2cccc([Si](C)(C)C)c2[Si](C)(C)C)c1[Si](C)(C)C. The summed E-state index contributed by atoms with van der Waals surface area (Å²) in [7, 11) is -9.08. The molecule has 0 bridgehead atoms. The second kappa shape index (κ2) is 14.0. The van der Waals surface area contributed by atoms with Crippen LogP contribution in [0.4, 0.5) is 0 Å². The Morgan fingerprint density at radius 3 is 0.717 bits per heavy atom. The molecule has 0 aliphatic heterocycles. The predicted octanol–water partition coefficient (Wildman–Crippen LogP) is 8.48. The zero-order chi connectivity index (χ0) is 35.3. The van der Waals surface area contributed by atoms with Gasteiger partial charge in [-0.15, -0.1) is 0 Å². The van der Waals surface area contributed by atoms with Crippen molar-refractivity contribution in [2.45, 2.75) is 134 Å². The first-order valence-corrected chi connectivity index (χ1v) is 41.4. The third-order valence-electron chi connectivity index (χ3n) is 9.21. The van der Waals surface area contributed by atoms with Gasteiger partial charge in [0.05, 0.1) is 0 Å². The van der Waals surface area contributed by atoms with E-state index < -0.39 is 62.6 Å². The molecule has 0 unspecified atom stereocenters. The molecule has 0 radical (unpaired) electrons. The second-order valence-corrected chi connectivity index (χ2v) is 53.4. The molecule has 46 heavy (non-hydrogen) atoms. The van der Waals surface area contributed by atoms with Crippen LogP contribution >= 0.6 is 0 Å². The Morgan fingerprint density at radius 1 is 0.326 bits per heavy atom. The van der Waals surface area contributed by atoms with Crippen molar-refractivity contribution in [3.05, 3.63) is 71.3 Å². The molecule has 3 rings (SSSR count). The summed E-state index contributed by atoms with van der Waals surface area (Å²) in [6.07, 6.45) is 0. The topological polar surface area (TPSA) is 0 Å². The van der Waals surface area contributed by atoms with Crippen LogP contribution in [-0.4, -0.2) is 48.4 Å². The van der Waals surface area contributed by atoms with E-state index in [0.717, 1.165) is 0 Å². The Labute approximate surface area is 296 Å². The van der Waals surface area contributed by atoms with E-state index in [1.807, 2.05) is 15.6 Å².